The standard InChI is InChI=1S/C22H41N5/c1-23-21(24-14-11-20-9-5-3-6-10-20)25-19-22(12-17-26(2)18-13-22)27-15-7-4-8-16-27/h9H,3-8,10-19H2,1-2H3,(H2,23,24,25). The highest BCUT2D eigenvalue weighted by molar-refractivity contribution is 5.79. The summed E-state index contributed by atoms with van der Waals surface area (Å²) >= 11 is 0. The van der Waals surface area contributed by atoms with E-state index in [4.69, 9.17) is 0 Å². The van der Waals surface area contributed by atoms with Crippen LogP contribution in [0.5, 0.6) is 0 Å². The van der Waals surface area contributed by atoms with Gasteiger partial charge in [-0.25, -0.2) is 0 Å². The van der Waals surface area contributed by atoms with Gasteiger partial charge in [0.2, 0.25) is 0 Å². The number of piperidine rings is 2. The lowest BCUT2D eigenvalue weighted by molar-refractivity contribution is 0.0173. The van der Waals surface area contributed by atoms with E-state index in [1.807, 2.05) is 7.05 Å². The molecule has 1 aliphatic carbocycles. The number of hydrogen-bond acceptors (Lipinski definition) is 3. The van der Waals surface area contributed by atoms with Crippen molar-refractivity contribution >= 4 is 5.96 Å². The van der Waals surface area contributed by atoms with Gasteiger partial charge in [-0.05, 0) is 91.0 Å². The van der Waals surface area contributed by atoms with Gasteiger partial charge in [0.15, 0.2) is 5.96 Å². The van der Waals surface area contributed by atoms with Gasteiger partial charge in [-0.3, -0.25) is 9.89 Å². The topological polar surface area (TPSA) is 42.9 Å². The molecule has 0 radical (unpaired) electrons. The van der Waals surface area contributed by atoms with E-state index in [-0.39, 0.29) is 0 Å². The molecule has 2 N–H and O–H groups in total. The Morgan fingerprint density at radius 1 is 1.04 bits per heavy atom. The zero-order chi connectivity index (χ0) is 19.0. The summed E-state index contributed by atoms with van der Waals surface area (Å²) in [5.74, 6) is 0.974. The predicted octanol–water partition coefficient (Wildman–Crippen LogP) is 2.99. The molecule has 0 saturated carbocycles. The summed E-state index contributed by atoms with van der Waals surface area (Å²) in [4.78, 5) is 9.76. The highest BCUT2D eigenvalue weighted by Crippen LogP contribution is 2.30. The quantitative estimate of drug-likeness (QED) is 0.425. The van der Waals surface area contributed by atoms with Crippen LogP contribution in [0.15, 0.2) is 16.6 Å². The second-order valence-corrected chi connectivity index (χ2v) is 8.79. The van der Waals surface area contributed by atoms with Crippen molar-refractivity contribution in [2.75, 3.05) is 53.4 Å². The highest BCUT2D eigenvalue weighted by atomic mass is 15.3. The first kappa shape index (κ1) is 20.7. The minimum Gasteiger partial charge on any atom is -0.356 e. The van der Waals surface area contributed by atoms with Crippen molar-refractivity contribution in [3.8, 4) is 0 Å². The zero-order valence-corrected chi connectivity index (χ0v) is 17.7. The zero-order valence-electron chi connectivity index (χ0n) is 17.7. The number of rotatable bonds is 6. The van der Waals surface area contributed by atoms with Crippen LogP contribution in [-0.4, -0.2) is 74.7 Å². The summed E-state index contributed by atoms with van der Waals surface area (Å²) in [6.45, 7) is 6.96. The van der Waals surface area contributed by atoms with Crippen molar-refractivity contribution in [2.24, 2.45) is 4.99 Å². The molecule has 5 nitrogen and oxygen atoms in total. The van der Waals surface area contributed by atoms with Gasteiger partial charge in [-0.1, -0.05) is 18.1 Å². The summed E-state index contributed by atoms with van der Waals surface area (Å²) in [5, 5.41) is 7.24. The molecule has 0 atom stereocenters. The second kappa shape index (κ2) is 10.5. The molecule has 3 aliphatic rings. The van der Waals surface area contributed by atoms with Gasteiger partial charge >= 0.3 is 0 Å². The normalized spacial score (nSPS) is 25.1. The summed E-state index contributed by atoms with van der Waals surface area (Å²) < 4.78 is 0. The molecule has 2 fully saturated rings. The Kier molecular flexibility index (Phi) is 8.01. The number of nitrogens with one attached hydrogen (secondary N) is 2. The Bertz CT molecular complexity index is 499. The smallest absolute Gasteiger partial charge is 0.191 e. The molecular weight excluding hydrogens is 334 g/mol. The molecule has 0 unspecified atom stereocenters. The monoisotopic (exact) mass is 375 g/mol. The SMILES string of the molecule is CN=C(NCCC1=CCCCC1)NCC1(N2CCCCC2)CCN(C)CC1. The van der Waals surface area contributed by atoms with Crippen molar-refractivity contribution in [1.82, 2.24) is 20.4 Å². The lowest BCUT2D eigenvalue weighted by atomic mass is 9.84. The van der Waals surface area contributed by atoms with Crippen LogP contribution >= 0.6 is 0 Å². The van der Waals surface area contributed by atoms with Crippen molar-refractivity contribution in [1.29, 1.82) is 0 Å². The average Bonchev–Trinajstić information content (AvgIpc) is 2.73. The number of nitrogens with zero attached hydrogens (tertiary/aromatic N) is 3. The molecule has 154 valence electrons. The van der Waals surface area contributed by atoms with E-state index >= 15 is 0 Å². The van der Waals surface area contributed by atoms with E-state index in [0.717, 1.165) is 25.5 Å². The molecule has 0 spiro atoms. The van der Waals surface area contributed by atoms with Crippen molar-refractivity contribution in [3.63, 3.8) is 0 Å². The molecule has 0 bridgehead atoms. The van der Waals surface area contributed by atoms with Gasteiger partial charge in [-0.2, -0.15) is 0 Å². The summed E-state index contributed by atoms with van der Waals surface area (Å²) in [7, 11) is 4.16. The number of guanidine groups is 1. The van der Waals surface area contributed by atoms with Crippen molar-refractivity contribution in [3.05, 3.63) is 11.6 Å². The van der Waals surface area contributed by atoms with Gasteiger partial charge in [0.25, 0.3) is 0 Å². The average molecular weight is 376 g/mol. The number of aliphatic imine (C=N–C) groups is 1. The van der Waals surface area contributed by atoms with Crippen LogP contribution in [0.2, 0.25) is 0 Å². The third kappa shape index (κ3) is 5.95. The Morgan fingerprint density at radius 3 is 2.48 bits per heavy atom. The molecule has 2 heterocycles. The molecule has 0 aromatic rings. The van der Waals surface area contributed by atoms with Crippen LogP contribution in [0.1, 0.15) is 64.2 Å². The van der Waals surface area contributed by atoms with Gasteiger partial charge in [0, 0.05) is 25.7 Å². The first-order valence-electron chi connectivity index (χ1n) is 11.3. The fourth-order valence-corrected chi connectivity index (χ4v) is 4.95. The summed E-state index contributed by atoms with van der Waals surface area (Å²) in [5.41, 5.74) is 1.93. The van der Waals surface area contributed by atoms with Gasteiger partial charge < -0.3 is 15.5 Å². The van der Waals surface area contributed by atoms with Gasteiger partial charge in [-0.15, -0.1) is 0 Å². The van der Waals surface area contributed by atoms with E-state index < -0.39 is 0 Å². The van der Waals surface area contributed by atoms with E-state index in [1.54, 1.807) is 5.57 Å². The lowest BCUT2D eigenvalue weighted by Crippen LogP contribution is -2.62. The van der Waals surface area contributed by atoms with Crippen LogP contribution < -0.4 is 10.6 Å². The van der Waals surface area contributed by atoms with Crippen LogP contribution in [0.25, 0.3) is 0 Å². The lowest BCUT2D eigenvalue weighted by Gasteiger charge is -2.50. The first-order chi connectivity index (χ1) is 13.2. The predicted molar refractivity (Wildman–Crippen MR) is 115 cm³/mol. The third-order valence-corrected chi connectivity index (χ3v) is 6.88. The molecule has 5 heteroatoms. The van der Waals surface area contributed by atoms with Crippen LogP contribution in [0, 0.1) is 0 Å². The summed E-state index contributed by atoms with van der Waals surface area (Å²) in [6, 6.07) is 0. The Hall–Kier alpha value is -1.07. The molecule has 0 aromatic carbocycles. The fraction of sp³-hybridized carbons (Fsp3) is 0.864. The molecule has 2 aliphatic heterocycles. The Morgan fingerprint density at radius 2 is 1.81 bits per heavy atom. The number of likely N-dealkylation sites (tertiary alicyclic amines) is 2. The Balaban J connectivity index is 1.50. The molecule has 0 aromatic heterocycles. The highest BCUT2D eigenvalue weighted by Gasteiger charge is 2.39. The van der Waals surface area contributed by atoms with Crippen LogP contribution in [0.4, 0.5) is 0 Å². The second-order valence-electron chi connectivity index (χ2n) is 8.79. The summed E-state index contributed by atoms with van der Waals surface area (Å²) in [6.07, 6.45) is 15.6. The largest absolute Gasteiger partial charge is 0.356 e. The van der Waals surface area contributed by atoms with E-state index in [1.165, 1.54) is 84.0 Å². The fourth-order valence-electron chi connectivity index (χ4n) is 4.95. The maximum absolute atomic E-state index is 4.49. The number of allylic oxidation sites excluding steroid dienone is 1. The molecule has 2 saturated heterocycles. The third-order valence-electron chi connectivity index (χ3n) is 6.88. The molecule has 27 heavy (non-hydrogen) atoms. The Labute approximate surface area is 166 Å². The van der Waals surface area contributed by atoms with E-state index in [0.29, 0.717) is 5.54 Å². The van der Waals surface area contributed by atoms with Gasteiger partial charge in [0.1, 0.15) is 0 Å². The molecular formula is C22H41N5. The van der Waals surface area contributed by atoms with E-state index in [9.17, 15) is 0 Å². The maximum Gasteiger partial charge on any atom is 0.191 e. The van der Waals surface area contributed by atoms with Crippen molar-refractivity contribution in [2.45, 2.75) is 69.7 Å². The van der Waals surface area contributed by atoms with Gasteiger partial charge in [0.05, 0.1) is 0 Å². The molecule has 0 amide bonds. The minimum absolute atomic E-state index is 0.302. The van der Waals surface area contributed by atoms with Crippen LogP contribution in [-0.2, 0) is 0 Å². The maximum atomic E-state index is 4.49. The number of hydrogen-bond donors (Lipinski definition) is 2. The van der Waals surface area contributed by atoms with Crippen LogP contribution in [0.3, 0.4) is 0 Å². The molecule has 3 rings (SSSR count). The van der Waals surface area contributed by atoms with Crippen molar-refractivity contribution < 1.29 is 0 Å². The first-order valence-corrected chi connectivity index (χ1v) is 11.3. The van der Waals surface area contributed by atoms with E-state index in [2.05, 4.69) is 38.5 Å². The minimum atomic E-state index is 0.302.